The zero-order chi connectivity index (χ0) is 14.1. The Bertz CT molecular complexity index is 275. The van der Waals surface area contributed by atoms with E-state index in [1.165, 1.54) is 32.1 Å². The topological polar surface area (TPSA) is 64.3 Å². The molecule has 0 saturated heterocycles. The van der Waals surface area contributed by atoms with Gasteiger partial charge in [-0.3, -0.25) is 4.79 Å². The van der Waals surface area contributed by atoms with Gasteiger partial charge in [0.25, 0.3) is 0 Å². The van der Waals surface area contributed by atoms with Crippen molar-refractivity contribution in [2.75, 3.05) is 13.2 Å². The van der Waals surface area contributed by atoms with Crippen molar-refractivity contribution in [2.24, 2.45) is 11.7 Å². The predicted molar refractivity (Wildman–Crippen MR) is 77.8 cm³/mol. The molecule has 1 saturated carbocycles. The smallest absolute Gasteiger partial charge is 0.249 e. The fourth-order valence-electron chi connectivity index (χ4n) is 2.61. The molecule has 4 heteroatoms. The van der Waals surface area contributed by atoms with Crippen LogP contribution in [0.15, 0.2) is 12.7 Å². The first-order valence-electron chi connectivity index (χ1n) is 7.42. The van der Waals surface area contributed by atoms with Gasteiger partial charge in [0.15, 0.2) is 0 Å². The van der Waals surface area contributed by atoms with Crippen LogP contribution < -0.4 is 11.1 Å². The number of carbonyl (C=O) groups excluding carboxylic acids is 1. The van der Waals surface area contributed by atoms with Gasteiger partial charge in [-0.25, -0.2) is 0 Å². The van der Waals surface area contributed by atoms with Crippen molar-refractivity contribution >= 4 is 5.91 Å². The number of hydrogen-bond donors (Lipinski definition) is 2. The van der Waals surface area contributed by atoms with Crippen LogP contribution in [0.4, 0.5) is 0 Å². The SMILES string of the molecule is C=CCCOC(C)C(=O)NC(CN)C1CCCCC1. The molecule has 1 aliphatic carbocycles. The molecular formula is C15H28N2O2. The molecule has 0 aliphatic heterocycles. The van der Waals surface area contributed by atoms with Gasteiger partial charge >= 0.3 is 0 Å². The average molecular weight is 268 g/mol. The van der Waals surface area contributed by atoms with E-state index < -0.39 is 6.10 Å². The van der Waals surface area contributed by atoms with E-state index >= 15 is 0 Å². The highest BCUT2D eigenvalue weighted by atomic mass is 16.5. The van der Waals surface area contributed by atoms with Crippen molar-refractivity contribution in [1.82, 2.24) is 5.32 Å². The number of ether oxygens (including phenoxy) is 1. The molecule has 4 nitrogen and oxygen atoms in total. The van der Waals surface area contributed by atoms with E-state index in [1.807, 2.05) is 0 Å². The Hall–Kier alpha value is -0.870. The summed E-state index contributed by atoms with van der Waals surface area (Å²) in [5.41, 5.74) is 5.80. The van der Waals surface area contributed by atoms with E-state index in [1.54, 1.807) is 13.0 Å². The van der Waals surface area contributed by atoms with Crippen molar-refractivity contribution in [2.45, 2.75) is 57.6 Å². The molecule has 110 valence electrons. The van der Waals surface area contributed by atoms with Gasteiger partial charge in [0.1, 0.15) is 6.10 Å². The van der Waals surface area contributed by atoms with Crippen LogP contribution in [0.25, 0.3) is 0 Å². The Morgan fingerprint density at radius 1 is 1.47 bits per heavy atom. The molecule has 0 heterocycles. The largest absolute Gasteiger partial charge is 0.368 e. The van der Waals surface area contributed by atoms with Crippen molar-refractivity contribution in [1.29, 1.82) is 0 Å². The lowest BCUT2D eigenvalue weighted by Gasteiger charge is -2.30. The summed E-state index contributed by atoms with van der Waals surface area (Å²) in [6.45, 7) is 6.46. The molecule has 1 rings (SSSR count). The number of carbonyl (C=O) groups is 1. The number of hydrogen-bond acceptors (Lipinski definition) is 3. The van der Waals surface area contributed by atoms with Gasteiger partial charge in [-0.2, -0.15) is 0 Å². The normalized spacial score (nSPS) is 19.7. The van der Waals surface area contributed by atoms with Crippen molar-refractivity contribution in [3.63, 3.8) is 0 Å². The van der Waals surface area contributed by atoms with Crippen LogP contribution in [0.2, 0.25) is 0 Å². The summed E-state index contributed by atoms with van der Waals surface area (Å²) in [7, 11) is 0. The molecule has 19 heavy (non-hydrogen) atoms. The summed E-state index contributed by atoms with van der Waals surface area (Å²) in [5, 5.41) is 3.05. The molecular weight excluding hydrogens is 240 g/mol. The van der Waals surface area contributed by atoms with E-state index in [-0.39, 0.29) is 11.9 Å². The average Bonchev–Trinajstić information content (AvgIpc) is 2.45. The minimum Gasteiger partial charge on any atom is -0.368 e. The molecule has 0 aromatic heterocycles. The Kier molecular flexibility index (Phi) is 7.75. The highest BCUT2D eigenvalue weighted by Gasteiger charge is 2.25. The third kappa shape index (κ3) is 5.74. The molecule has 1 fully saturated rings. The molecule has 2 atom stereocenters. The van der Waals surface area contributed by atoms with Crippen LogP contribution >= 0.6 is 0 Å². The Balaban J connectivity index is 2.36. The number of rotatable bonds is 8. The third-order valence-corrected chi connectivity index (χ3v) is 3.86. The molecule has 0 spiro atoms. The van der Waals surface area contributed by atoms with Crippen molar-refractivity contribution < 1.29 is 9.53 Å². The summed E-state index contributed by atoms with van der Waals surface area (Å²) in [4.78, 5) is 12.0. The van der Waals surface area contributed by atoms with Crippen LogP contribution in [0, 0.1) is 5.92 Å². The van der Waals surface area contributed by atoms with Crippen molar-refractivity contribution in [3.05, 3.63) is 12.7 Å². The molecule has 1 amide bonds. The maximum atomic E-state index is 12.0. The van der Waals surface area contributed by atoms with E-state index in [2.05, 4.69) is 11.9 Å². The minimum atomic E-state index is -0.419. The van der Waals surface area contributed by atoms with E-state index in [4.69, 9.17) is 10.5 Å². The van der Waals surface area contributed by atoms with Crippen LogP contribution in [0.5, 0.6) is 0 Å². The fraction of sp³-hybridized carbons (Fsp3) is 0.800. The lowest BCUT2D eigenvalue weighted by molar-refractivity contribution is -0.132. The van der Waals surface area contributed by atoms with E-state index in [9.17, 15) is 4.79 Å². The van der Waals surface area contributed by atoms with Gasteiger partial charge < -0.3 is 15.8 Å². The number of nitrogens with two attached hydrogens (primary N) is 1. The zero-order valence-electron chi connectivity index (χ0n) is 12.1. The number of amides is 1. The lowest BCUT2D eigenvalue weighted by Crippen LogP contribution is -2.49. The maximum Gasteiger partial charge on any atom is 0.249 e. The summed E-state index contributed by atoms with van der Waals surface area (Å²) in [6, 6.07) is 0.0956. The van der Waals surface area contributed by atoms with Crippen LogP contribution in [0.3, 0.4) is 0 Å². The van der Waals surface area contributed by atoms with Crippen LogP contribution in [-0.4, -0.2) is 31.2 Å². The predicted octanol–water partition coefficient (Wildman–Crippen LogP) is 1.99. The van der Waals surface area contributed by atoms with Gasteiger partial charge in [0.05, 0.1) is 6.61 Å². The zero-order valence-corrected chi connectivity index (χ0v) is 12.1. The van der Waals surface area contributed by atoms with Gasteiger partial charge in [-0.15, -0.1) is 6.58 Å². The van der Waals surface area contributed by atoms with Crippen LogP contribution in [-0.2, 0) is 9.53 Å². The second kappa shape index (κ2) is 9.10. The van der Waals surface area contributed by atoms with Gasteiger partial charge in [-0.1, -0.05) is 25.3 Å². The van der Waals surface area contributed by atoms with Crippen LogP contribution in [0.1, 0.15) is 45.4 Å². The summed E-state index contributed by atoms with van der Waals surface area (Å²) < 4.78 is 5.45. The molecule has 3 N–H and O–H groups in total. The minimum absolute atomic E-state index is 0.0508. The second-order valence-corrected chi connectivity index (χ2v) is 5.34. The third-order valence-electron chi connectivity index (χ3n) is 3.86. The summed E-state index contributed by atoms with van der Waals surface area (Å²) in [6.07, 6.45) is 8.29. The highest BCUT2D eigenvalue weighted by molar-refractivity contribution is 5.80. The lowest BCUT2D eigenvalue weighted by atomic mass is 9.84. The van der Waals surface area contributed by atoms with E-state index in [0.29, 0.717) is 19.1 Å². The first-order chi connectivity index (χ1) is 9.19. The maximum absolute atomic E-state index is 12.0. The molecule has 2 unspecified atom stereocenters. The standard InChI is InChI=1S/C15H28N2O2/c1-3-4-10-19-12(2)15(18)17-14(11-16)13-8-6-5-7-9-13/h3,12-14H,1,4-11,16H2,2H3,(H,17,18). The van der Waals surface area contributed by atoms with Gasteiger partial charge in [0.2, 0.25) is 5.91 Å². The summed E-state index contributed by atoms with van der Waals surface area (Å²) >= 11 is 0. The van der Waals surface area contributed by atoms with Gasteiger partial charge in [0, 0.05) is 12.6 Å². The molecule has 0 aromatic rings. The van der Waals surface area contributed by atoms with E-state index in [0.717, 1.165) is 6.42 Å². The monoisotopic (exact) mass is 268 g/mol. The molecule has 0 bridgehead atoms. The molecule has 1 aliphatic rings. The Morgan fingerprint density at radius 2 is 2.16 bits per heavy atom. The highest BCUT2D eigenvalue weighted by Crippen LogP contribution is 2.26. The molecule has 0 radical (unpaired) electrons. The summed E-state index contributed by atoms with van der Waals surface area (Å²) in [5.74, 6) is 0.480. The number of nitrogens with one attached hydrogen (secondary N) is 1. The second-order valence-electron chi connectivity index (χ2n) is 5.34. The molecule has 0 aromatic carbocycles. The van der Waals surface area contributed by atoms with Crippen molar-refractivity contribution in [3.8, 4) is 0 Å². The fourth-order valence-corrected chi connectivity index (χ4v) is 2.61. The Labute approximate surface area is 116 Å². The Morgan fingerprint density at radius 3 is 2.74 bits per heavy atom. The first-order valence-corrected chi connectivity index (χ1v) is 7.42. The quantitative estimate of drug-likeness (QED) is 0.523. The van der Waals surface area contributed by atoms with Gasteiger partial charge in [-0.05, 0) is 32.1 Å². The first kappa shape index (κ1) is 16.2.